The molecule has 0 bridgehead atoms. The summed E-state index contributed by atoms with van der Waals surface area (Å²) < 4.78 is 5.95. The summed E-state index contributed by atoms with van der Waals surface area (Å²) in [5.74, 6) is 2.89. The van der Waals surface area contributed by atoms with Crippen LogP contribution in [-0.2, 0) is 13.1 Å². The van der Waals surface area contributed by atoms with E-state index in [-0.39, 0.29) is 0 Å². The summed E-state index contributed by atoms with van der Waals surface area (Å²) in [4.78, 5) is 2.57. The highest BCUT2D eigenvalue weighted by atomic mass is 16.3. The standard InChI is InChI=1S/C17H30N2O/c1-5-8-19(16-6-7-16)12-17-9-15(14(4)20-17)11-18-10-13(2)3/h9,13,16,18H,5-8,10-12H2,1-4H3. The number of furan rings is 1. The monoisotopic (exact) mass is 278 g/mol. The molecule has 0 aliphatic heterocycles. The second-order valence-corrected chi connectivity index (χ2v) is 6.52. The van der Waals surface area contributed by atoms with Crippen LogP contribution in [0, 0.1) is 12.8 Å². The van der Waals surface area contributed by atoms with E-state index < -0.39 is 0 Å². The molecule has 1 aromatic rings. The van der Waals surface area contributed by atoms with Crippen molar-refractivity contribution in [3.05, 3.63) is 23.2 Å². The smallest absolute Gasteiger partial charge is 0.118 e. The van der Waals surface area contributed by atoms with Gasteiger partial charge in [-0.2, -0.15) is 0 Å². The van der Waals surface area contributed by atoms with Crippen LogP contribution in [0.1, 0.15) is 57.1 Å². The van der Waals surface area contributed by atoms with Crippen LogP contribution in [0.2, 0.25) is 0 Å². The van der Waals surface area contributed by atoms with Gasteiger partial charge < -0.3 is 9.73 Å². The summed E-state index contributed by atoms with van der Waals surface area (Å²) in [5, 5.41) is 3.50. The molecule has 0 aromatic carbocycles. The van der Waals surface area contributed by atoms with Crippen LogP contribution in [0.3, 0.4) is 0 Å². The molecule has 20 heavy (non-hydrogen) atoms. The van der Waals surface area contributed by atoms with E-state index in [9.17, 15) is 0 Å². The van der Waals surface area contributed by atoms with E-state index in [1.807, 2.05) is 0 Å². The minimum atomic E-state index is 0.691. The van der Waals surface area contributed by atoms with Gasteiger partial charge in [0.25, 0.3) is 0 Å². The molecule has 1 heterocycles. The summed E-state index contributed by atoms with van der Waals surface area (Å²) >= 11 is 0. The van der Waals surface area contributed by atoms with E-state index in [1.165, 1.54) is 31.4 Å². The van der Waals surface area contributed by atoms with Crippen molar-refractivity contribution in [3.8, 4) is 0 Å². The Labute approximate surface area is 123 Å². The summed E-state index contributed by atoms with van der Waals surface area (Å²) in [6, 6.07) is 3.05. The quantitative estimate of drug-likeness (QED) is 0.746. The highest BCUT2D eigenvalue weighted by Crippen LogP contribution is 2.29. The van der Waals surface area contributed by atoms with Gasteiger partial charge in [-0.1, -0.05) is 20.8 Å². The Kier molecular flexibility index (Phi) is 5.67. The maximum atomic E-state index is 5.95. The first-order chi connectivity index (χ1) is 9.60. The Morgan fingerprint density at radius 2 is 2.15 bits per heavy atom. The van der Waals surface area contributed by atoms with E-state index in [1.54, 1.807) is 0 Å². The van der Waals surface area contributed by atoms with Crippen molar-refractivity contribution in [2.45, 2.75) is 66.1 Å². The van der Waals surface area contributed by atoms with Crippen molar-refractivity contribution >= 4 is 0 Å². The normalized spacial score (nSPS) is 15.5. The maximum Gasteiger partial charge on any atom is 0.118 e. The van der Waals surface area contributed by atoms with Gasteiger partial charge in [-0.15, -0.1) is 0 Å². The second-order valence-electron chi connectivity index (χ2n) is 6.52. The molecule has 3 nitrogen and oxygen atoms in total. The predicted molar refractivity (Wildman–Crippen MR) is 83.7 cm³/mol. The highest BCUT2D eigenvalue weighted by molar-refractivity contribution is 5.20. The van der Waals surface area contributed by atoms with Gasteiger partial charge in [-0.05, 0) is 51.3 Å². The van der Waals surface area contributed by atoms with Gasteiger partial charge in [0, 0.05) is 18.2 Å². The second kappa shape index (κ2) is 7.28. The molecule has 0 amide bonds. The lowest BCUT2D eigenvalue weighted by molar-refractivity contribution is 0.233. The Hall–Kier alpha value is -0.800. The largest absolute Gasteiger partial charge is 0.465 e. The molecule has 1 aliphatic rings. The van der Waals surface area contributed by atoms with Crippen molar-refractivity contribution in [1.29, 1.82) is 0 Å². The zero-order valence-corrected chi connectivity index (χ0v) is 13.5. The summed E-state index contributed by atoms with van der Waals surface area (Å²) in [6.45, 7) is 12.9. The number of hydrogen-bond donors (Lipinski definition) is 1. The number of nitrogens with one attached hydrogen (secondary N) is 1. The molecular weight excluding hydrogens is 248 g/mol. The van der Waals surface area contributed by atoms with Crippen molar-refractivity contribution in [2.75, 3.05) is 13.1 Å². The Morgan fingerprint density at radius 3 is 2.75 bits per heavy atom. The fourth-order valence-electron chi connectivity index (χ4n) is 2.65. The topological polar surface area (TPSA) is 28.4 Å². The van der Waals surface area contributed by atoms with Gasteiger partial charge in [0.1, 0.15) is 11.5 Å². The first-order valence-electron chi connectivity index (χ1n) is 8.13. The summed E-state index contributed by atoms with van der Waals surface area (Å²) in [6.07, 6.45) is 3.95. The van der Waals surface area contributed by atoms with Crippen molar-refractivity contribution in [3.63, 3.8) is 0 Å². The van der Waals surface area contributed by atoms with Crippen LogP contribution in [0.15, 0.2) is 10.5 Å². The van der Waals surface area contributed by atoms with E-state index in [2.05, 4.69) is 44.0 Å². The van der Waals surface area contributed by atoms with Gasteiger partial charge in [0.15, 0.2) is 0 Å². The van der Waals surface area contributed by atoms with Gasteiger partial charge in [-0.25, -0.2) is 0 Å². The molecule has 1 N–H and O–H groups in total. The average Bonchev–Trinajstić information content (AvgIpc) is 3.15. The molecule has 0 radical (unpaired) electrons. The van der Waals surface area contributed by atoms with Crippen LogP contribution < -0.4 is 5.32 Å². The van der Waals surface area contributed by atoms with E-state index >= 15 is 0 Å². The fourth-order valence-corrected chi connectivity index (χ4v) is 2.65. The Morgan fingerprint density at radius 1 is 1.40 bits per heavy atom. The first-order valence-corrected chi connectivity index (χ1v) is 8.13. The van der Waals surface area contributed by atoms with Gasteiger partial charge >= 0.3 is 0 Å². The molecule has 3 heteroatoms. The van der Waals surface area contributed by atoms with E-state index in [0.717, 1.165) is 37.2 Å². The van der Waals surface area contributed by atoms with Gasteiger partial charge in [0.2, 0.25) is 0 Å². The van der Waals surface area contributed by atoms with Crippen LogP contribution >= 0.6 is 0 Å². The molecule has 1 aliphatic carbocycles. The molecule has 0 spiro atoms. The van der Waals surface area contributed by atoms with Crippen molar-refractivity contribution < 1.29 is 4.42 Å². The van der Waals surface area contributed by atoms with Gasteiger partial charge in [-0.3, -0.25) is 4.90 Å². The molecule has 1 aromatic heterocycles. The zero-order chi connectivity index (χ0) is 14.5. The molecule has 1 saturated carbocycles. The molecule has 2 rings (SSSR count). The molecule has 114 valence electrons. The van der Waals surface area contributed by atoms with Crippen LogP contribution in [0.5, 0.6) is 0 Å². The lowest BCUT2D eigenvalue weighted by Crippen LogP contribution is -2.26. The van der Waals surface area contributed by atoms with Gasteiger partial charge in [0.05, 0.1) is 6.54 Å². The molecular formula is C17H30N2O. The highest BCUT2D eigenvalue weighted by Gasteiger charge is 2.29. The van der Waals surface area contributed by atoms with E-state index in [4.69, 9.17) is 4.42 Å². The SMILES string of the molecule is CCCN(Cc1cc(CNCC(C)C)c(C)o1)C1CC1. The minimum absolute atomic E-state index is 0.691. The Bertz CT molecular complexity index is 407. The minimum Gasteiger partial charge on any atom is -0.465 e. The first kappa shape index (κ1) is 15.6. The molecule has 0 saturated heterocycles. The van der Waals surface area contributed by atoms with Crippen LogP contribution in [0.4, 0.5) is 0 Å². The summed E-state index contributed by atoms with van der Waals surface area (Å²) in [5.41, 5.74) is 1.31. The zero-order valence-electron chi connectivity index (χ0n) is 13.5. The fraction of sp³-hybridized carbons (Fsp3) is 0.765. The molecule has 0 unspecified atom stereocenters. The van der Waals surface area contributed by atoms with Crippen molar-refractivity contribution in [2.24, 2.45) is 5.92 Å². The maximum absolute atomic E-state index is 5.95. The lowest BCUT2D eigenvalue weighted by Gasteiger charge is -2.19. The number of hydrogen-bond acceptors (Lipinski definition) is 3. The predicted octanol–water partition coefficient (Wildman–Crippen LogP) is 3.71. The molecule has 1 fully saturated rings. The third-order valence-corrected chi connectivity index (χ3v) is 3.87. The number of rotatable bonds is 9. The third kappa shape index (κ3) is 4.64. The van der Waals surface area contributed by atoms with Crippen LogP contribution in [-0.4, -0.2) is 24.0 Å². The summed E-state index contributed by atoms with van der Waals surface area (Å²) in [7, 11) is 0. The number of nitrogens with zero attached hydrogens (tertiary/aromatic N) is 1. The van der Waals surface area contributed by atoms with Crippen LogP contribution in [0.25, 0.3) is 0 Å². The molecule has 0 atom stereocenters. The lowest BCUT2D eigenvalue weighted by atomic mass is 10.2. The Balaban J connectivity index is 1.88. The third-order valence-electron chi connectivity index (χ3n) is 3.87. The number of aryl methyl sites for hydroxylation is 1. The van der Waals surface area contributed by atoms with E-state index in [0.29, 0.717) is 5.92 Å². The van der Waals surface area contributed by atoms with Crippen molar-refractivity contribution in [1.82, 2.24) is 10.2 Å². The average molecular weight is 278 g/mol.